The van der Waals surface area contributed by atoms with Gasteiger partial charge in [0.2, 0.25) is 0 Å². The van der Waals surface area contributed by atoms with Gasteiger partial charge in [-0.1, -0.05) is 0 Å². The Morgan fingerprint density at radius 1 is 1.25 bits per heavy atom. The van der Waals surface area contributed by atoms with Crippen LogP contribution in [-0.4, -0.2) is 42.6 Å². The predicted molar refractivity (Wildman–Crippen MR) is 75.8 cm³/mol. The summed E-state index contributed by atoms with van der Waals surface area (Å²) in [6.45, 7) is 3.88. The smallest absolute Gasteiger partial charge is 0.325 e. The Hall–Kier alpha value is -2.24. The molecule has 0 unspecified atom stereocenters. The molecule has 1 saturated heterocycles. The quantitative estimate of drug-likeness (QED) is 0.799. The summed E-state index contributed by atoms with van der Waals surface area (Å²) >= 11 is 0. The van der Waals surface area contributed by atoms with Crippen molar-refractivity contribution in [3.63, 3.8) is 0 Å². The van der Waals surface area contributed by atoms with Gasteiger partial charge in [0.15, 0.2) is 0 Å². The average molecular weight is 277 g/mol. The van der Waals surface area contributed by atoms with Crippen LogP contribution in [0, 0.1) is 0 Å². The zero-order valence-electron chi connectivity index (χ0n) is 11.9. The van der Waals surface area contributed by atoms with E-state index in [0.29, 0.717) is 5.75 Å². The maximum absolute atomic E-state index is 11.9. The van der Waals surface area contributed by atoms with Crippen molar-refractivity contribution >= 4 is 17.6 Å². The van der Waals surface area contributed by atoms with Crippen LogP contribution in [0.25, 0.3) is 0 Å². The first-order chi connectivity index (χ1) is 9.44. The number of carbonyl (C=O) groups is 2. The number of urea groups is 1. The van der Waals surface area contributed by atoms with Crippen LogP contribution < -0.4 is 15.4 Å². The number of rotatable bonds is 5. The molecule has 0 saturated carbocycles. The van der Waals surface area contributed by atoms with E-state index < -0.39 is 5.54 Å². The third-order valence-corrected chi connectivity index (χ3v) is 3.17. The van der Waals surface area contributed by atoms with Gasteiger partial charge in [0.05, 0.1) is 6.54 Å². The molecule has 3 amide bonds. The summed E-state index contributed by atoms with van der Waals surface area (Å²) in [5.74, 6) is 0.479. The van der Waals surface area contributed by atoms with Gasteiger partial charge >= 0.3 is 6.03 Å². The van der Waals surface area contributed by atoms with E-state index in [1.807, 2.05) is 31.3 Å². The van der Waals surface area contributed by atoms with E-state index in [1.165, 1.54) is 4.90 Å². The molecule has 1 aliphatic rings. The van der Waals surface area contributed by atoms with Crippen LogP contribution in [-0.2, 0) is 4.79 Å². The van der Waals surface area contributed by atoms with Crippen molar-refractivity contribution in [1.82, 2.24) is 10.2 Å². The van der Waals surface area contributed by atoms with E-state index in [4.69, 9.17) is 4.74 Å². The van der Waals surface area contributed by atoms with Gasteiger partial charge in [0.25, 0.3) is 5.91 Å². The van der Waals surface area contributed by atoms with Crippen molar-refractivity contribution in [1.29, 1.82) is 0 Å². The highest BCUT2D eigenvalue weighted by atomic mass is 16.5. The zero-order chi connectivity index (χ0) is 14.8. The highest BCUT2D eigenvalue weighted by Crippen LogP contribution is 2.17. The lowest BCUT2D eigenvalue weighted by Crippen LogP contribution is -2.40. The molecule has 6 heteroatoms. The van der Waals surface area contributed by atoms with Crippen LogP contribution >= 0.6 is 0 Å². The Labute approximate surface area is 118 Å². The Kier molecular flexibility index (Phi) is 3.83. The number of imide groups is 1. The lowest BCUT2D eigenvalue weighted by atomic mass is 10.1. The second kappa shape index (κ2) is 5.40. The molecule has 2 rings (SSSR count). The molecule has 0 bridgehead atoms. The number of amides is 3. The Morgan fingerprint density at radius 2 is 1.90 bits per heavy atom. The highest BCUT2D eigenvalue weighted by molar-refractivity contribution is 6.06. The molecule has 0 spiro atoms. The second-order valence-electron chi connectivity index (χ2n) is 5.13. The van der Waals surface area contributed by atoms with Gasteiger partial charge in [-0.25, -0.2) is 4.79 Å². The van der Waals surface area contributed by atoms with Gasteiger partial charge in [-0.05, 0) is 38.1 Å². The van der Waals surface area contributed by atoms with Crippen LogP contribution in [0.15, 0.2) is 24.3 Å². The molecular formula is C14H19N3O3. The number of carbonyl (C=O) groups excluding carboxylic acids is 2. The number of ether oxygens (including phenoxy) is 1. The van der Waals surface area contributed by atoms with Crippen LogP contribution in [0.5, 0.6) is 5.75 Å². The van der Waals surface area contributed by atoms with Gasteiger partial charge in [-0.2, -0.15) is 0 Å². The SMILES string of the molecule is CNc1ccc(OCCN2C(=O)NC(C)(C)C2=O)cc1. The number of nitrogens with zero attached hydrogens (tertiary/aromatic N) is 1. The summed E-state index contributed by atoms with van der Waals surface area (Å²) in [5.41, 5.74) is 0.166. The Morgan fingerprint density at radius 3 is 2.40 bits per heavy atom. The maximum Gasteiger partial charge on any atom is 0.325 e. The minimum atomic E-state index is -0.828. The molecule has 108 valence electrons. The predicted octanol–water partition coefficient (Wildman–Crippen LogP) is 1.44. The summed E-state index contributed by atoms with van der Waals surface area (Å²) in [6, 6.07) is 7.09. The van der Waals surface area contributed by atoms with Crippen molar-refractivity contribution in [2.24, 2.45) is 0 Å². The van der Waals surface area contributed by atoms with Gasteiger partial charge in [-0.15, -0.1) is 0 Å². The highest BCUT2D eigenvalue weighted by Gasteiger charge is 2.43. The molecule has 1 heterocycles. The van der Waals surface area contributed by atoms with E-state index in [9.17, 15) is 9.59 Å². The summed E-state index contributed by atoms with van der Waals surface area (Å²) in [5, 5.41) is 5.64. The number of anilines is 1. The van der Waals surface area contributed by atoms with E-state index >= 15 is 0 Å². The van der Waals surface area contributed by atoms with Gasteiger partial charge in [0, 0.05) is 12.7 Å². The Balaban J connectivity index is 1.86. The van der Waals surface area contributed by atoms with Gasteiger partial charge in [-0.3, -0.25) is 9.69 Å². The first-order valence-electron chi connectivity index (χ1n) is 6.49. The second-order valence-corrected chi connectivity index (χ2v) is 5.13. The molecule has 0 aliphatic carbocycles. The lowest BCUT2D eigenvalue weighted by Gasteiger charge is -2.16. The van der Waals surface area contributed by atoms with E-state index in [-0.39, 0.29) is 25.1 Å². The first kappa shape index (κ1) is 14.2. The van der Waals surface area contributed by atoms with Crippen molar-refractivity contribution in [2.45, 2.75) is 19.4 Å². The van der Waals surface area contributed by atoms with Crippen molar-refractivity contribution in [2.75, 3.05) is 25.5 Å². The molecule has 0 atom stereocenters. The van der Waals surface area contributed by atoms with Crippen molar-refractivity contribution in [3.05, 3.63) is 24.3 Å². The van der Waals surface area contributed by atoms with Crippen LogP contribution in [0.1, 0.15) is 13.8 Å². The normalized spacial score (nSPS) is 17.1. The maximum atomic E-state index is 11.9. The van der Waals surface area contributed by atoms with E-state index in [2.05, 4.69) is 10.6 Å². The fraction of sp³-hybridized carbons (Fsp3) is 0.429. The summed E-state index contributed by atoms with van der Waals surface area (Å²) in [6.07, 6.45) is 0. The first-order valence-corrected chi connectivity index (χ1v) is 6.49. The third-order valence-electron chi connectivity index (χ3n) is 3.17. The molecule has 0 aromatic heterocycles. The van der Waals surface area contributed by atoms with Crippen molar-refractivity contribution in [3.8, 4) is 5.75 Å². The number of hydrogen-bond donors (Lipinski definition) is 2. The molecule has 0 radical (unpaired) electrons. The summed E-state index contributed by atoms with van der Waals surface area (Å²) in [4.78, 5) is 24.8. The molecule has 20 heavy (non-hydrogen) atoms. The molecule has 1 aliphatic heterocycles. The minimum absolute atomic E-state index is 0.225. The van der Waals surface area contributed by atoms with Gasteiger partial charge < -0.3 is 15.4 Å². The fourth-order valence-electron chi connectivity index (χ4n) is 1.99. The Bertz CT molecular complexity index is 511. The summed E-state index contributed by atoms with van der Waals surface area (Å²) in [7, 11) is 1.84. The van der Waals surface area contributed by atoms with E-state index in [0.717, 1.165) is 5.69 Å². The fourth-order valence-corrected chi connectivity index (χ4v) is 1.99. The monoisotopic (exact) mass is 277 g/mol. The minimum Gasteiger partial charge on any atom is -0.492 e. The lowest BCUT2D eigenvalue weighted by molar-refractivity contribution is -0.130. The summed E-state index contributed by atoms with van der Waals surface area (Å²) < 4.78 is 5.53. The number of benzene rings is 1. The molecular weight excluding hydrogens is 258 g/mol. The average Bonchev–Trinajstić information content (AvgIpc) is 2.61. The molecule has 1 aromatic rings. The zero-order valence-corrected chi connectivity index (χ0v) is 11.9. The molecule has 6 nitrogen and oxygen atoms in total. The number of nitrogens with one attached hydrogen (secondary N) is 2. The van der Waals surface area contributed by atoms with Crippen molar-refractivity contribution < 1.29 is 14.3 Å². The number of hydrogen-bond acceptors (Lipinski definition) is 4. The third kappa shape index (κ3) is 2.84. The molecule has 1 aromatic carbocycles. The van der Waals surface area contributed by atoms with E-state index in [1.54, 1.807) is 13.8 Å². The standard InChI is InChI=1S/C14H19N3O3/c1-14(2)12(18)17(13(19)16-14)8-9-20-11-6-4-10(15-3)5-7-11/h4-7,15H,8-9H2,1-3H3,(H,16,19). The van der Waals surface area contributed by atoms with Crippen LogP contribution in [0.2, 0.25) is 0 Å². The molecule has 1 fully saturated rings. The van der Waals surface area contributed by atoms with Crippen LogP contribution in [0.3, 0.4) is 0 Å². The van der Waals surface area contributed by atoms with Crippen LogP contribution in [0.4, 0.5) is 10.5 Å². The largest absolute Gasteiger partial charge is 0.492 e. The van der Waals surface area contributed by atoms with Gasteiger partial charge in [0.1, 0.15) is 17.9 Å². The molecule has 2 N–H and O–H groups in total. The topological polar surface area (TPSA) is 70.7 Å².